The minimum absolute atomic E-state index is 0.377. The van der Waals surface area contributed by atoms with Crippen LogP contribution in [0.2, 0.25) is 0 Å². The molecule has 1 aromatic carbocycles. The van der Waals surface area contributed by atoms with Crippen molar-refractivity contribution in [3.05, 3.63) is 65.1 Å². The molecular weight excluding hydrogens is 363 g/mol. The lowest BCUT2D eigenvalue weighted by atomic mass is 9.74. The molecule has 3 aromatic rings. The molecule has 2 aromatic heterocycles. The van der Waals surface area contributed by atoms with Gasteiger partial charge in [0.2, 0.25) is 0 Å². The van der Waals surface area contributed by atoms with Crippen LogP contribution in [0.1, 0.15) is 54.9 Å². The number of pyridine rings is 2. The Morgan fingerprint density at radius 1 is 1.07 bits per heavy atom. The first kappa shape index (κ1) is 19.7. The van der Waals surface area contributed by atoms with E-state index in [1.807, 2.05) is 18.2 Å². The minimum atomic E-state index is -0.395. The van der Waals surface area contributed by atoms with Gasteiger partial charge >= 0.3 is 7.12 Å². The van der Waals surface area contributed by atoms with Crippen molar-refractivity contribution >= 4 is 29.8 Å². The Labute approximate surface area is 171 Å². The summed E-state index contributed by atoms with van der Waals surface area (Å²) in [4.78, 5) is 20.1. The molecule has 1 aliphatic heterocycles. The van der Waals surface area contributed by atoms with E-state index in [9.17, 15) is 4.79 Å². The van der Waals surface area contributed by atoms with Gasteiger partial charge in [0.15, 0.2) is 6.29 Å². The third kappa shape index (κ3) is 3.47. The predicted octanol–water partition coefficient (Wildman–Crippen LogP) is 3.64. The summed E-state index contributed by atoms with van der Waals surface area (Å²) in [5.41, 5.74) is 4.83. The van der Waals surface area contributed by atoms with E-state index in [4.69, 9.17) is 9.31 Å². The third-order valence-corrected chi connectivity index (χ3v) is 6.19. The van der Waals surface area contributed by atoms with Gasteiger partial charge in [-0.3, -0.25) is 14.8 Å². The van der Waals surface area contributed by atoms with E-state index in [1.54, 1.807) is 12.4 Å². The normalized spacial score (nSPS) is 17.6. The van der Waals surface area contributed by atoms with Gasteiger partial charge in [-0.25, -0.2) is 0 Å². The Kier molecular flexibility index (Phi) is 4.79. The van der Waals surface area contributed by atoms with Crippen LogP contribution in [0.15, 0.2) is 42.7 Å². The van der Waals surface area contributed by atoms with Gasteiger partial charge in [-0.1, -0.05) is 18.2 Å². The highest BCUT2D eigenvalue weighted by Crippen LogP contribution is 2.36. The number of aromatic nitrogens is 2. The second-order valence-electron chi connectivity index (χ2n) is 8.61. The van der Waals surface area contributed by atoms with Crippen molar-refractivity contribution in [2.24, 2.45) is 0 Å². The number of aldehydes is 1. The van der Waals surface area contributed by atoms with Crippen molar-refractivity contribution in [2.75, 3.05) is 0 Å². The van der Waals surface area contributed by atoms with E-state index in [0.717, 1.165) is 39.5 Å². The van der Waals surface area contributed by atoms with Crippen molar-refractivity contribution in [1.82, 2.24) is 9.97 Å². The summed E-state index contributed by atoms with van der Waals surface area (Å²) in [6, 6.07) is 9.92. The summed E-state index contributed by atoms with van der Waals surface area (Å²) in [5, 5.41) is 0.916. The number of benzene rings is 1. The Balaban J connectivity index is 1.69. The van der Waals surface area contributed by atoms with Crippen molar-refractivity contribution in [1.29, 1.82) is 0 Å². The molecule has 4 rings (SSSR count). The van der Waals surface area contributed by atoms with E-state index < -0.39 is 7.12 Å². The number of hydrogen-bond acceptors (Lipinski definition) is 5. The predicted molar refractivity (Wildman–Crippen MR) is 115 cm³/mol. The van der Waals surface area contributed by atoms with Crippen LogP contribution in [-0.4, -0.2) is 34.6 Å². The molecule has 0 atom stereocenters. The maximum atomic E-state index is 11.0. The zero-order chi connectivity index (χ0) is 20.8. The Morgan fingerprint density at radius 2 is 1.79 bits per heavy atom. The number of carbonyl (C=O) groups is 1. The SMILES string of the molecule is Cc1c(Cc2nccc3cc(C=O)cnc23)cccc1B1OC(C)(C)C(C)(C)O1. The minimum Gasteiger partial charge on any atom is -0.399 e. The van der Waals surface area contributed by atoms with Crippen molar-refractivity contribution in [2.45, 2.75) is 52.2 Å². The average molecular weight is 388 g/mol. The van der Waals surface area contributed by atoms with Gasteiger partial charge < -0.3 is 9.31 Å². The largest absolute Gasteiger partial charge is 0.495 e. The van der Waals surface area contributed by atoms with Crippen LogP contribution in [0.5, 0.6) is 0 Å². The van der Waals surface area contributed by atoms with Gasteiger partial charge in [0.25, 0.3) is 0 Å². The standard InChI is InChI=1S/C23H25BN2O3/c1-15-17(7-6-8-19(15)24-28-22(2,3)23(4,5)29-24)12-20-21-18(9-10-25-20)11-16(14-27)13-26-21/h6-11,13-14H,12H2,1-5H3. The molecule has 29 heavy (non-hydrogen) atoms. The molecule has 6 heteroatoms. The van der Waals surface area contributed by atoms with Crippen LogP contribution in [0, 0.1) is 6.92 Å². The Bertz CT molecular complexity index is 1080. The van der Waals surface area contributed by atoms with Crippen molar-refractivity contribution in [3.8, 4) is 0 Å². The molecule has 5 nitrogen and oxygen atoms in total. The maximum absolute atomic E-state index is 11.0. The van der Waals surface area contributed by atoms with Gasteiger partial charge in [-0.05, 0) is 63.3 Å². The monoisotopic (exact) mass is 388 g/mol. The van der Waals surface area contributed by atoms with Crippen LogP contribution in [-0.2, 0) is 15.7 Å². The van der Waals surface area contributed by atoms with Gasteiger partial charge in [-0.2, -0.15) is 0 Å². The first-order chi connectivity index (χ1) is 13.7. The average Bonchev–Trinajstić information content (AvgIpc) is 2.90. The molecule has 0 radical (unpaired) electrons. The van der Waals surface area contributed by atoms with E-state index in [2.05, 4.69) is 56.7 Å². The first-order valence-electron chi connectivity index (χ1n) is 9.85. The Morgan fingerprint density at radius 3 is 2.48 bits per heavy atom. The zero-order valence-corrected chi connectivity index (χ0v) is 17.5. The molecule has 0 aliphatic carbocycles. The van der Waals surface area contributed by atoms with E-state index in [-0.39, 0.29) is 11.2 Å². The quantitative estimate of drug-likeness (QED) is 0.505. The third-order valence-electron chi connectivity index (χ3n) is 6.19. The molecular formula is C23H25BN2O3. The molecule has 0 unspecified atom stereocenters. The summed E-state index contributed by atoms with van der Waals surface area (Å²) < 4.78 is 12.5. The highest BCUT2D eigenvalue weighted by Gasteiger charge is 2.52. The van der Waals surface area contributed by atoms with Crippen LogP contribution in [0.3, 0.4) is 0 Å². The molecule has 1 fully saturated rings. The molecule has 0 saturated carbocycles. The molecule has 1 saturated heterocycles. The van der Waals surface area contributed by atoms with Gasteiger partial charge in [-0.15, -0.1) is 0 Å². The molecule has 3 heterocycles. The second kappa shape index (κ2) is 7.04. The van der Waals surface area contributed by atoms with Crippen molar-refractivity contribution in [3.63, 3.8) is 0 Å². The maximum Gasteiger partial charge on any atom is 0.495 e. The first-order valence-corrected chi connectivity index (χ1v) is 9.85. The molecule has 0 N–H and O–H groups in total. The number of hydrogen-bond donors (Lipinski definition) is 0. The molecule has 148 valence electrons. The van der Waals surface area contributed by atoms with Gasteiger partial charge in [0, 0.05) is 29.8 Å². The number of fused-ring (bicyclic) bond motifs is 1. The van der Waals surface area contributed by atoms with Crippen LogP contribution < -0.4 is 5.46 Å². The Hall–Kier alpha value is -2.57. The second-order valence-corrected chi connectivity index (χ2v) is 8.61. The highest BCUT2D eigenvalue weighted by molar-refractivity contribution is 6.62. The molecule has 0 amide bonds. The molecule has 1 aliphatic rings. The summed E-state index contributed by atoms with van der Waals surface area (Å²) in [7, 11) is -0.395. The van der Waals surface area contributed by atoms with Crippen LogP contribution in [0.25, 0.3) is 10.9 Å². The fraction of sp³-hybridized carbons (Fsp3) is 0.348. The van der Waals surface area contributed by atoms with E-state index in [1.165, 1.54) is 0 Å². The summed E-state index contributed by atoms with van der Waals surface area (Å²) in [5.74, 6) is 0. The lowest BCUT2D eigenvalue weighted by Gasteiger charge is -2.32. The summed E-state index contributed by atoms with van der Waals surface area (Å²) in [6.45, 7) is 10.3. The fourth-order valence-corrected chi connectivity index (χ4v) is 3.63. The number of carbonyl (C=O) groups excluding carboxylic acids is 1. The van der Waals surface area contributed by atoms with Crippen molar-refractivity contribution < 1.29 is 14.1 Å². The summed E-state index contributed by atoms with van der Waals surface area (Å²) >= 11 is 0. The zero-order valence-electron chi connectivity index (χ0n) is 17.5. The summed E-state index contributed by atoms with van der Waals surface area (Å²) in [6.07, 6.45) is 4.81. The fourth-order valence-electron chi connectivity index (χ4n) is 3.63. The topological polar surface area (TPSA) is 61.3 Å². The lowest BCUT2D eigenvalue weighted by molar-refractivity contribution is 0.00578. The van der Waals surface area contributed by atoms with E-state index >= 15 is 0 Å². The van der Waals surface area contributed by atoms with Gasteiger partial charge in [0.05, 0.1) is 22.4 Å². The molecule has 0 bridgehead atoms. The van der Waals surface area contributed by atoms with Crippen LogP contribution in [0.4, 0.5) is 0 Å². The number of nitrogens with zero attached hydrogens (tertiary/aromatic N) is 2. The smallest absolute Gasteiger partial charge is 0.399 e. The van der Waals surface area contributed by atoms with Crippen LogP contribution >= 0.6 is 0 Å². The molecule has 0 spiro atoms. The lowest BCUT2D eigenvalue weighted by Crippen LogP contribution is -2.41. The van der Waals surface area contributed by atoms with Gasteiger partial charge in [0.1, 0.15) is 0 Å². The number of rotatable bonds is 4. The van der Waals surface area contributed by atoms with E-state index in [0.29, 0.717) is 12.0 Å². The highest BCUT2D eigenvalue weighted by atomic mass is 16.7.